The van der Waals surface area contributed by atoms with Crippen LogP contribution >= 0.6 is 0 Å². The van der Waals surface area contributed by atoms with Crippen molar-refractivity contribution < 1.29 is 9.53 Å². The minimum atomic E-state index is -0.00724. The summed E-state index contributed by atoms with van der Waals surface area (Å²) in [7, 11) is 0. The van der Waals surface area contributed by atoms with E-state index in [4.69, 9.17) is 4.74 Å². The quantitative estimate of drug-likeness (QED) is 0.659. The van der Waals surface area contributed by atoms with Crippen molar-refractivity contribution in [1.29, 1.82) is 0 Å². The molecule has 0 spiro atoms. The number of likely N-dealkylation sites (tertiary alicyclic amines) is 1. The molecule has 3 heterocycles. The first-order valence-corrected chi connectivity index (χ1v) is 10.6. The molecule has 2 atom stereocenters. The summed E-state index contributed by atoms with van der Waals surface area (Å²) in [5.74, 6) is 1.24. The van der Waals surface area contributed by atoms with Crippen LogP contribution in [0.2, 0.25) is 0 Å². The smallest absolute Gasteiger partial charge is 0.224 e. The fourth-order valence-electron chi connectivity index (χ4n) is 3.78. The highest BCUT2D eigenvalue weighted by Crippen LogP contribution is 2.25. The highest BCUT2D eigenvalue weighted by atomic mass is 16.5. The van der Waals surface area contributed by atoms with Crippen molar-refractivity contribution in [2.24, 2.45) is 11.8 Å². The number of carbonyl (C=O) groups is 1. The van der Waals surface area contributed by atoms with E-state index in [-0.39, 0.29) is 11.8 Å². The number of piperidine rings is 1. The summed E-state index contributed by atoms with van der Waals surface area (Å²) in [5.41, 5.74) is 2.19. The van der Waals surface area contributed by atoms with Crippen LogP contribution in [-0.2, 0) is 11.3 Å². The third-order valence-electron chi connectivity index (χ3n) is 5.34. The van der Waals surface area contributed by atoms with Crippen molar-refractivity contribution in [2.45, 2.75) is 39.7 Å². The lowest BCUT2D eigenvalue weighted by Gasteiger charge is -2.37. The molecule has 1 amide bonds. The van der Waals surface area contributed by atoms with Gasteiger partial charge in [-0.05, 0) is 49.6 Å². The monoisotopic (exact) mass is 396 g/mol. The second kappa shape index (κ2) is 10.9. The molecule has 1 fully saturated rings. The molecule has 156 valence electrons. The van der Waals surface area contributed by atoms with Crippen LogP contribution in [0.1, 0.15) is 37.4 Å². The average molecular weight is 397 g/mol. The Balaban J connectivity index is 1.62. The Morgan fingerprint density at radius 1 is 1.24 bits per heavy atom. The number of pyridine rings is 2. The Bertz CT molecular complexity index is 751. The van der Waals surface area contributed by atoms with Gasteiger partial charge < -0.3 is 10.1 Å². The number of rotatable bonds is 9. The topological polar surface area (TPSA) is 67.3 Å². The van der Waals surface area contributed by atoms with E-state index in [2.05, 4.69) is 27.1 Å². The predicted molar refractivity (Wildman–Crippen MR) is 113 cm³/mol. The molecule has 0 bridgehead atoms. The lowest BCUT2D eigenvalue weighted by Crippen LogP contribution is -2.47. The van der Waals surface area contributed by atoms with Gasteiger partial charge in [0, 0.05) is 50.2 Å². The van der Waals surface area contributed by atoms with Crippen molar-refractivity contribution >= 4 is 5.91 Å². The van der Waals surface area contributed by atoms with Crippen LogP contribution in [0.25, 0.3) is 0 Å². The van der Waals surface area contributed by atoms with E-state index >= 15 is 0 Å². The van der Waals surface area contributed by atoms with Gasteiger partial charge in [0.2, 0.25) is 5.91 Å². The molecule has 0 radical (unpaired) electrons. The Hall–Kier alpha value is -2.47. The normalized spacial score (nSPS) is 19.7. The van der Waals surface area contributed by atoms with E-state index in [0.717, 1.165) is 56.9 Å². The zero-order chi connectivity index (χ0) is 20.5. The van der Waals surface area contributed by atoms with Gasteiger partial charge in [0.15, 0.2) is 0 Å². The van der Waals surface area contributed by atoms with Crippen molar-refractivity contribution in [3.8, 4) is 5.75 Å². The molecule has 0 unspecified atom stereocenters. The van der Waals surface area contributed by atoms with Crippen molar-refractivity contribution in [1.82, 2.24) is 20.2 Å². The molecule has 0 aromatic carbocycles. The minimum absolute atomic E-state index is 0.00724. The summed E-state index contributed by atoms with van der Waals surface area (Å²) in [4.78, 5) is 23.5. The largest absolute Gasteiger partial charge is 0.492 e. The van der Waals surface area contributed by atoms with Gasteiger partial charge in [-0.25, -0.2) is 0 Å². The van der Waals surface area contributed by atoms with Gasteiger partial charge in [-0.3, -0.25) is 19.7 Å². The molecular formula is C23H32N4O2. The number of aryl methyl sites for hydroxylation is 1. The van der Waals surface area contributed by atoms with Crippen molar-refractivity contribution in [3.63, 3.8) is 0 Å². The van der Waals surface area contributed by atoms with E-state index < -0.39 is 0 Å². The van der Waals surface area contributed by atoms with Crippen LogP contribution in [0.3, 0.4) is 0 Å². The summed E-state index contributed by atoms with van der Waals surface area (Å²) in [6.45, 7) is 7.97. The Labute approximate surface area is 173 Å². The first kappa shape index (κ1) is 21.2. The number of ether oxygens (including phenoxy) is 1. The van der Waals surface area contributed by atoms with E-state index in [1.807, 2.05) is 43.6 Å². The van der Waals surface area contributed by atoms with E-state index in [1.165, 1.54) is 5.56 Å². The molecule has 0 saturated carbocycles. The standard InChI is InChI=1S/C23H32N4O2/c1-3-4-9-25-23(28)21-12-20(17-29-22-6-5-18(2)26-13-22)15-27(16-21)14-19-7-10-24-11-8-19/h5-8,10-11,13,20-21H,3-4,9,12,14-17H2,1-2H3,(H,25,28)/t20-,21+/m0/s1. The molecule has 1 N–H and O–H groups in total. The van der Waals surface area contributed by atoms with Gasteiger partial charge in [0.25, 0.3) is 0 Å². The third kappa shape index (κ3) is 6.82. The second-order valence-electron chi connectivity index (χ2n) is 7.94. The van der Waals surface area contributed by atoms with Gasteiger partial charge in [-0.2, -0.15) is 0 Å². The van der Waals surface area contributed by atoms with Crippen molar-refractivity contribution in [2.75, 3.05) is 26.2 Å². The van der Waals surface area contributed by atoms with Crippen molar-refractivity contribution in [3.05, 3.63) is 54.1 Å². The maximum absolute atomic E-state index is 12.7. The van der Waals surface area contributed by atoms with Crippen LogP contribution in [0.5, 0.6) is 5.75 Å². The van der Waals surface area contributed by atoms with Gasteiger partial charge >= 0.3 is 0 Å². The number of hydrogen-bond donors (Lipinski definition) is 1. The molecule has 2 aromatic heterocycles. The first-order chi connectivity index (χ1) is 14.1. The number of carbonyl (C=O) groups excluding carboxylic acids is 1. The molecule has 29 heavy (non-hydrogen) atoms. The van der Waals surface area contributed by atoms with Crippen LogP contribution in [-0.4, -0.2) is 47.0 Å². The van der Waals surface area contributed by atoms with Gasteiger partial charge in [0.1, 0.15) is 5.75 Å². The SMILES string of the molecule is CCCCNC(=O)[C@@H]1C[C@H](COc2ccc(C)nc2)CN(Cc2ccncc2)C1. The lowest BCUT2D eigenvalue weighted by molar-refractivity contribution is -0.127. The van der Waals surface area contributed by atoms with Gasteiger partial charge in [-0.1, -0.05) is 13.3 Å². The molecule has 3 rings (SSSR count). The summed E-state index contributed by atoms with van der Waals surface area (Å²) < 4.78 is 5.99. The number of amides is 1. The Morgan fingerprint density at radius 2 is 2.07 bits per heavy atom. The molecule has 1 aliphatic heterocycles. The third-order valence-corrected chi connectivity index (χ3v) is 5.34. The van der Waals surface area contributed by atoms with Crippen LogP contribution in [0.4, 0.5) is 0 Å². The zero-order valence-corrected chi connectivity index (χ0v) is 17.5. The summed E-state index contributed by atoms with van der Waals surface area (Å²) in [5, 5.41) is 3.11. The maximum Gasteiger partial charge on any atom is 0.224 e. The first-order valence-electron chi connectivity index (χ1n) is 10.6. The minimum Gasteiger partial charge on any atom is -0.492 e. The Kier molecular flexibility index (Phi) is 7.99. The second-order valence-corrected chi connectivity index (χ2v) is 7.94. The van der Waals surface area contributed by atoms with E-state index in [1.54, 1.807) is 6.20 Å². The van der Waals surface area contributed by atoms with Gasteiger partial charge in [0.05, 0.1) is 18.7 Å². The summed E-state index contributed by atoms with van der Waals surface area (Å²) >= 11 is 0. The fraction of sp³-hybridized carbons (Fsp3) is 0.522. The lowest BCUT2D eigenvalue weighted by atomic mass is 9.88. The fourth-order valence-corrected chi connectivity index (χ4v) is 3.78. The average Bonchev–Trinajstić information content (AvgIpc) is 2.74. The number of aromatic nitrogens is 2. The number of nitrogens with one attached hydrogen (secondary N) is 1. The Morgan fingerprint density at radius 3 is 2.79 bits per heavy atom. The van der Waals surface area contributed by atoms with Crippen LogP contribution < -0.4 is 10.1 Å². The van der Waals surface area contributed by atoms with Crippen LogP contribution in [0.15, 0.2) is 42.9 Å². The number of unbranched alkanes of at least 4 members (excludes halogenated alkanes) is 1. The molecule has 1 saturated heterocycles. The molecular weight excluding hydrogens is 364 g/mol. The molecule has 1 aliphatic rings. The highest BCUT2D eigenvalue weighted by molar-refractivity contribution is 5.79. The highest BCUT2D eigenvalue weighted by Gasteiger charge is 2.32. The maximum atomic E-state index is 12.7. The van der Waals surface area contributed by atoms with Gasteiger partial charge in [-0.15, -0.1) is 0 Å². The van der Waals surface area contributed by atoms with E-state index in [0.29, 0.717) is 12.5 Å². The number of nitrogens with zero attached hydrogens (tertiary/aromatic N) is 3. The van der Waals surface area contributed by atoms with E-state index in [9.17, 15) is 4.79 Å². The van der Waals surface area contributed by atoms with Crippen LogP contribution in [0, 0.1) is 18.8 Å². The molecule has 2 aromatic rings. The molecule has 6 nitrogen and oxygen atoms in total. The summed E-state index contributed by atoms with van der Waals surface area (Å²) in [6.07, 6.45) is 8.36. The predicted octanol–water partition coefficient (Wildman–Crippen LogP) is 3.22. The number of hydrogen-bond acceptors (Lipinski definition) is 5. The molecule has 6 heteroatoms. The zero-order valence-electron chi connectivity index (χ0n) is 17.5. The summed E-state index contributed by atoms with van der Waals surface area (Å²) in [6, 6.07) is 7.98. The molecule has 0 aliphatic carbocycles.